The van der Waals surface area contributed by atoms with Crippen LogP contribution in [0.15, 0.2) is 40.8 Å². The molecule has 0 aliphatic rings. The van der Waals surface area contributed by atoms with Crippen LogP contribution >= 0.6 is 11.3 Å². The number of carbonyl (C=O) groups is 1. The number of fused-ring (bicyclic) bond motifs is 1. The molecule has 0 spiro atoms. The van der Waals surface area contributed by atoms with E-state index in [4.69, 9.17) is 9.47 Å². The van der Waals surface area contributed by atoms with Crippen molar-refractivity contribution >= 4 is 27.5 Å². The van der Waals surface area contributed by atoms with Crippen LogP contribution in [0.1, 0.15) is 42.1 Å². The molecule has 148 valence electrons. The van der Waals surface area contributed by atoms with E-state index in [0.717, 1.165) is 18.6 Å². The van der Waals surface area contributed by atoms with Gasteiger partial charge in [-0.05, 0) is 31.9 Å². The molecule has 0 saturated carbocycles. The number of esters is 1. The van der Waals surface area contributed by atoms with Crippen LogP contribution in [0.4, 0.5) is 0 Å². The molecule has 1 aromatic carbocycles. The summed E-state index contributed by atoms with van der Waals surface area (Å²) in [5, 5.41) is 1.99. The highest BCUT2D eigenvalue weighted by atomic mass is 32.1. The number of nitrogens with zero attached hydrogens (tertiary/aromatic N) is 2. The number of ether oxygens (including phenoxy) is 2. The first-order valence-corrected chi connectivity index (χ1v) is 10.3. The third-order valence-electron chi connectivity index (χ3n) is 4.34. The van der Waals surface area contributed by atoms with Crippen molar-refractivity contribution in [2.45, 2.75) is 39.7 Å². The number of hydrogen-bond acceptors (Lipinski definition) is 6. The van der Waals surface area contributed by atoms with Gasteiger partial charge in [0.1, 0.15) is 10.6 Å². The Balaban J connectivity index is 1.66. The van der Waals surface area contributed by atoms with E-state index in [-0.39, 0.29) is 5.56 Å². The molecule has 28 heavy (non-hydrogen) atoms. The summed E-state index contributed by atoms with van der Waals surface area (Å²) in [5.74, 6) is 0.348. The lowest BCUT2D eigenvalue weighted by molar-refractivity contribution is 0.0502. The topological polar surface area (TPSA) is 70.4 Å². The lowest BCUT2D eigenvalue weighted by atomic mass is 10.2. The second-order valence-corrected chi connectivity index (χ2v) is 7.44. The molecular formula is C21H24N2O4S. The maximum absolute atomic E-state index is 12.8. The average Bonchev–Trinajstić information content (AvgIpc) is 3.13. The first-order valence-electron chi connectivity index (χ1n) is 9.43. The summed E-state index contributed by atoms with van der Waals surface area (Å²) in [4.78, 5) is 30.0. The summed E-state index contributed by atoms with van der Waals surface area (Å²) in [6, 6.07) is 7.85. The van der Waals surface area contributed by atoms with Gasteiger partial charge in [-0.25, -0.2) is 9.78 Å². The molecule has 3 aromatic rings. The van der Waals surface area contributed by atoms with Gasteiger partial charge in [-0.2, -0.15) is 0 Å². The van der Waals surface area contributed by atoms with Gasteiger partial charge in [0.05, 0.1) is 30.5 Å². The zero-order chi connectivity index (χ0) is 19.9. The molecule has 2 aromatic heterocycles. The van der Waals surface area contributed by atoms with Crippen molar-refractivity contribution in [2.75, 3.05) is 13.2 Å². The Morgan fingerprint density at radius 1 is 1.18 bits per heavy atom. The SMILES string of the molecule is CCCCOC(=O)c1csc2ncn(CCCOc3ccc(C)cc3)c(=O)c12. The fourth-order valence-corrected chi connectivity index (χ4v) is 3.59. The van der Waals surface area contributed by atoms with E-state index < -0.39 is 5.97 Å². The van der Waals surface area contributed by atoms with Crippen molar-refractivity contribution in [2.24, 2.45) is 0 Å². The van der Waals surface area contributed by atoms with Crippen LogP contribution in [0.25, 0.3) is 10.2 Å². The number of hydrogen-bond donors (Lipinski definition) is 0. The standard InChI is InChI=1S/C21H24N2O4S/c1-3-4-11-27-21(25)17-13-28-19-18(17)20(24)23(14-22-19)10-5-12-26-16-8-6-15(2)7-9-16/h6-9,13-14H,3-5,10-12H2,1-2H3. The van der Waals surface area contributed by atoms with Crippen LogP contribution in [0.2, 0.25) is 0 Å². The summed E-state index contributed by atoms with van der Waals surface area (Å²) in [7, 11) is 0. The van der Waals surface area contributed by atoms with E-state index in [2.05, 4.69) is 4.98 Å². The Bertz CT molecular complexity index is 992. The van der Waals surface area contributed by atoms with Gasteiger partial charge in [0, 0.05) is 11.9 Å². The molecule has 6 nitrogen and oxygen atoms in total. The minimum Gasteiger partial charge on any atom is -0.494 e. The summed E-state index contributed by atoms with van der Waals surface area (Å²) in [5.41, 5.74) is 1.26. The van der Waals surface area contributed by atoms with Gasteiger partial charge in [-0.3, -0.25) is 9.36 Å². The molecule has 0 N–H and O–H groups in total. The molecular weight excluding hydrogens is 376 g/mol. The fraction of sp³-hybridized carbons (Fsp3) is 0.381. The van der Waals surface area contributed by atoms with Crippen LogP contribution in [-0.4, -0.2) is 28.7 Å². The van der Waals surface area contributed by atoms with Crippen LogP contribution in [-0.2, 0) is 11.3 Å². The smallest absolute Gasteiger partial charge is 0.339 e. The lowest BCUT2D eigenvalue weighted by Gasteiger charge is -2.08. The van der Waals surface area contributed by atoms with Crippen molar-refractivity contribution < 1.29 is 14.3 Å². The first kappa shape index (κ1) is 20.1. The fourth-order valence-electron chi connectivity index (χ4n) is 2.72. The van der Waals surface area contributed by atoms with E-state index >= 15 is 0 Å². The number of benzene rings is 1. The molecule has 0 atom stereocenters. The molecule has 0 aliphatic heterocycles. The molecule has 0 saturated heterocycles. The van der Waals surface area contributed by atoms with E-state index in [9.17, 15) is 9.59 Å². The molecule has 2 heterocycles. The van der Waals surface area contributed by atoms with Crippen molar-refractivity contribution in [1.82, 2.24) is 9.55 Å². The summed E-state index contributed by atoms with van der Waals surface area (Å²) >= 11 is 1.28. The van der Waals surface area contributed by atoms with Crippen LogP contribution in [0, 0.1) is 6.92 Å². The predicted molar refractivity (Wildman–Crippen MR) is 110 cm³/mol. The van der Waals surface area contributed by atoms with Crippen LogP contribution in [0.3, 0.4) is 0 Å². The quantitative estimate of drug-likeness (QED) is 0.398. The van der Waals surface area contributed by atoms with E-state index in [1.807, 2.05) is 38.1 Å². The zero-order valence-electron chi connectivity index (χ0n) is 16.1. The molecule has 0 aliphatic carbocycles. The second-order valence-electron chi connectivity index (χ2n) is 6.58. The normalized spacial score (nSPS) is 10.9. The van der Waals surface area contributed by atoms with E-state index in [1.165, 1.54) is 27.8 Å². The summed E-state index contributed by atoms with van der Waals surface area (Å²) in [6.45, 7) is 5.37. The minimum atomic E-state index is -0.459. The molecule has 0 unspecified atom stereocenters. The van der Waals surface area contributed by atoms with E-state index in [0.29, 0.717) is 42.0 Å². The number of aryl methyl sites for hydroxylation is 2. The highest BCUT2D eigenvalue weighted by molar-refractivity contribution is 7.17. The average molecular weight is 401 g/mol. The van der Waals surface area contributed by atoms with Gasteiger partial charge in [0.25, 0.3) is 5.56 Å². The predicted octanol–water partition coefficient (Wildman–Crippen LogP) is 4.19. The van der Waals surface area contributed by atoms with Crippen molar-refractivity contribution in [3.05, 3.63) is 57.5 Å². The number of unbranched alkanes of at least 4 members (excludes halogenated alkanes) is 1. The van der Waals surface area contributed by atoms with Crippen molar-refractivity contribution in [3.63, 3.8) is 0 Å². The van der Waals surface area contributed by atoms with E-state index in [1.54, 1.807) is 5.38 Å². The molecule has 0 fully saturated rings. The minimum absolute atomic E-state index is 0.218. The highest BCUT2D eigenvalue weighted by Gasteiger charge is 2.18. The van der Waals surface area contributed by atoms with Crippen LogP contribution in [0.5, 0.6) is 5.75 Å². The largest absolute Gasteiger partial charge is 0.494 e. The summed E-state index contributed by atoms with van der Waals surface area (Å²) in [6.07, 6.45) is 3.93. The van der Waals surface area contributed by atoms with Gasteiger partial charge in [0.2, 0.25) is 0 Å². The molecule has 7 heteroatoms. The zero-order valence-corrected chi connectivity index (χ0v) is 17.0. The monoisotopic (exact) mass is 400 g/mol. The Morgan fingerprint density at radius 2 is 1.96 bits per heavy atom. The Labute approximate surface area is 167 Å². The number of rotatable bonds is 9. The Morgan fingerprint density at radius 3 is 2.71 bits per heavy atom. The van der Waals surface area contributed by atoms with Gasteiger partial charge in [-0.1, -0.05) is 31.0 Å². The molecule has 0 bridgehead atoms. The Hall–Kier alpha value is -2.67. The molecule has 0 amide bonds. The second kappa shape index (κ2) is 9.50. The van der Waals surface area contributed by atoms with Crippen molar-refractivity contribution in [3.8, 4) is 5.75 Å². The number of aromatic nitrogens is 2. The van der Waals surface area contributed by atoms with Crippen molar-refractivity contribution in [1.29, 1.82) is 0 Å². The van der Waals surface area contributed by atoms with Crippen LogP contribution < -0.4 is 10.3 Å². The van der Waals surface area contributed by atoms with Gasteiger partial charge < -0.3 is 9.47 Å². The van der Waals surface area contributed by atoms with Gasteiger partial charge in [0.15, 0.2) is 0 Å². The third kappa shape index (κ3) is 4.78. The maximum Gasteiger partial charge on any atom is 0.339 e. The molecule has 0 radical (unpaired) electrons. The Kier molecular flexibility index (Phi) is 6.81. The summed E-state index contributed by atoms with van der Waals surface area (Å²) < 4.78 is 12.5. The maximum atomic E-state index is 12.8. The van der Waals surface area contributed by atoms with Gasteiger partial charge >= 0.3 is 5.97 Å². The van der Waals surface area contributed by atoms with Gasteiger partial charge in [-0.15, -0.1) is 11.3 Å². The highest BCUT2D eigenvalue weighted by Crippen LogP contribution is 2.21. The lowest BCUT2D eigenvalue weighted by Crippen LogP contribution is -2.22. The molecule has 3 rings (SSSR count). The number of thiophene rings is 1. The number of carbonyl (C=O) groups excluding carboxylic acids is 1. The first-order chi connectivity index (χ1) is 13.6. The third-order valence-corrected chi connectivity index (χ3v) is 5.23.